The molecule has 0 atom stereocenters. The lowest BCUT2D eigenvalue weighted by atomic mass is 10.2. The summed E-state index contributed by atoms with van der Waals surface area (Å²) in [5.41, 5.74) is 0.603. The van der Waals surface area contributed by atoms with Gasteiger partial charge in [0.05, 0.1) is 10.0 Å². The number of nitrogens with one attached hydrogen (secondary N) is 1. The molecule has 27 heavy (non-hydrogen) atoms. The molecule has 1 aromatic heterocycles. The molecule has 0 bridgehead atoms. The predicted octanol–water partition coefficient (Wildman–Crippen LogP) is 5.11. The lowest BCUT2D eigenvalue weighted by Crippen LogP contribution is -2.27. The molecule has 0 saturated heterocycles. The Balaban J connectivity index is 1.87. The maximum Gasteiger partial charge on any atom is 0.352 e. The van der Waals surface area contributed by atoms with Crippen molar-refractivity contribution in [2.45, 2.75) is 0 Å². The van der Waals surface area contributed by atoms with E-state index in [4.69, 9.17) is 27.6 Å². The molecule has 136 valence electrons. The van der Waals surface area contributed by atoms with Crippen molar-refractivity contribution in [3.8, 4) is 11.3 Å². The van der Waals surface area contributed by atoms with E-state index >= 15 is 0 Å². The summed E-state index contributed by atoms with van der Waals surface area (Å²) in [5, 5.41) is 12.4. The normalized spacial score (nSPS) is 11.3. The van der Waals surface area contributed by atoms with Crippen molar-refractivity contribution in [3.63, 3.8) is 0 Å². The second-order valence-electron chi connectivity index (χ2n) is 5.49. The first-order valence-electron chi connectivity index (χ1n) is 7.81. The first-order valence-corrected chi connectivity index (χ1v) is 8.57. The van der Waals surface area contributed by atoms with Crippen LogP contribution in [-0.4, -0.2) is 17.0 Å². The van der Waals surface area contributed by atoms with E-state index in [-0.39, 0.29) is 11.5 Å². The van der Waals surface area contributed by atoms with Crippen molar-refractivity contribution < 1.29 is 19.1 Å². The Morgan fingerprint density at radius 2 is 1.70 bits per heavy atom. The zero-order valence-electron chi connectivity index (χ0n) is 13.8. The molecule has 1 heterocycles. The van der Waals surface area contributed by atoms with Gasteiger partial charge in [-0.3, -0.25) is 4.79 Å². The summed E-state index contributed by atoms with van der Waals surface area (Å²) < 4.78 is 5.64. The molecule has 0 radical (unpaired) electrons. The highest BCUT2D eigenvalue weighted by atomic mass is 35.5. The summed E-state index contributed by atoms with van der Waals surface area (Å²) in [4.78, 5) is 23.7. The molecule has 1 amide bonds. The van der Waals surface area contributed by atoms with Crippen LogP contribution in [0.1, 0.15) is 16.1 Å². The van der Waals surface area contributed by atoms with E-state index in [2.05, 4.69) is 5.32 Å². The van der Waals surface area contributed by atoms with E-state index in [0.29, 0.717) is 26.9 Å². The quantitative estimate of drug-likeness (QED) is 0.582. The number of furan rings is 1. The van der Waals surface area contributed by atoms with Gasteiger partial charge >= 0.3 is 5.97 Å². The Morgan fingerprint density at radius 1 is 0.963 bits per heavy atom. The van der Waals surface area contributed by atoms with E-state index in [9.17, 15) is 14.7 Å². The van der Waals surface area contributed by atoms with Crippen LogP contribution in [0, 0.1) is 0 Å². The van der Waals surface area contributed by atoms with Gasteiger partial charge in [-0.25, -0.2) is 4.79 Å². The van der Waals surface area contributed by atoms with Crippen LogP contribution in [0.4, 0.5) is 0 Å². The van der Waals surface area contributed by atoms with Gasteiger partial charge in [0, 0.05) is 17.2 Å². The first kappa shape index (κ1) is 18.8. The molecule has 0 aliphatic rings. The van der Waals surface area contributed by atoms with Crippen LogP contribution in [-0.2, 0) is 4.79 Å². The minimum absolute atomic E-state index is 0.242. The summed E-state index contributed by atoms with van der Waals surface area (Å²) in [7, 11) is 0. The number of carbonyl (C=O) groups is 2. The zero-order chi connectivity index (χ0) is 19.4. The highest BCUT2D eigenvalue weighted by Crippen LogP contribution is 2.34. The van der Waals surface area contributed by atoms with Crippen molar-refractivity contribution in [3.05, 3.63) is 87.7 Å². The summed E-state index contributed by atoms with van der Waals surface area (Å²) >= 11 is 12.2. The fourth-order valence-corrected chi connectivity index (χ4v) is 2.74. The average molecular weight is 402 g/mol. The Bertz CT molecular complexity index is 1030. The van der Waals surface area contributed by atoms with Crippen molar-refractivity contribution in [1.29, 1.82) is 0 Å². The number of rotatable bonds is 5. The topological polar surface area (TPSA) is 79.5 Å². The number of aliphatic carboxylic acids is 1. The monoisotopic (exact) mass is 401 g/mol. The molecule has 0 saturated carbocycles. The first-order chi connectivity index (χ1) is 13.0. The summed E-state index contributed by atoms with van der Waals surface area (Å²) in [6.45, 7) is 0. The van der Waals surface area contributed by atoms with Crippen molar-refractivity contribution in [1.82, 2.24) is 5.32 Å². The lowest BCUT2D eigenvalue weighted by Gasteiger charge is -2.05. The molecule has 0 fully saturated rings. The van der Waals surface area contributed by atoms with E-state index in [1.165, 1.54) is 6.08 Å². The second-order valence-corrected chi connectivity index (χ2v) is 6.27. The third kappa shape index (κ3) is 4.39. The molecule has 3 rings (SSSR count). The molecule has 0 unspecified atom stereocenters. The molecule has 7 heteroatoms. The molecule has 0 spiro atoms. The van der Waals surface area contributed by atoms with Gasteiger partial charge in [-0.1, -0.05) is 47.5 Å². The minimum Gasteiger partial charge on any atom is -0.477 e. The van der Waals surface area contributed by atoms with Crippen LogP contribution >= 0.6 is 23.2 Å². The standard InChI is InChI=1S/C20H13Cl2NO4/c21-15-8-4-7-14(18(15)22)17-10-9-13(27-17)11-16(20(25)26)23-19(24)12-5-2-1-3-6-12/h1-11H,(H,23,24)(H,25,26)/b16-11-. The van der Waals surface area contributed by atoms with Crippen molar-refractivity contribution in [2.75, 3.05) is 0 Å². The molecular formula is C20H13Cl2NO4. The van der Waals surface area contributed by atoms with Gasteiger partial charge < -0.3 is 14.8 Å². The number of carboxylic acid groups (broad SMARTS) is 1. The third-order valence-corrected chi connectivity index (χ3v) is 4.46. The maximum atomic E-state index is 12.2. The summed E-state index contributed by atoms with van der Waals surface area (Å²) in [6.07, 6.45) is 1.23. The van der Waals surface area contributed by atoms with E-state index < -0.39 is 11.9 Å². The van der Waals surface area contributed by atoms with E-state index in [1.54, 1.807) is 60.7 Å². The number of carbonyl (C=O) groups excluding carboxylic acids is 1. The van der Waals surface area contributed by atoms with Gasteiger partial charge in [-0.15, -0.1) is 0 Å². The Morgan fingerprint density at radius 3 is 2.41 bits per heavy atom. The van der Waals surface area contributed by atoms with Gasteiger partial charge in [-0.05, 0) is 36.4 Å². The van der Waals surface area contributed by atoms with Crippen LogP contribution in [0.5, 0.6) is 0 Å². The number of benzene rings is 2. The van der Waals surface area contributed by atoms with Crippen LogP contribution in [0.25, 0.3) is 17.4 Å². The predicted molar refractivity (Wildman–Crippen MR) is 104 cm³/mol. The van der Waals surface area contributed by atoms with Crippen molar-refractivity contribution >= 4 is 41.2 Å². The molecule has 0 aliphatic heterocycles. The van der Waals surface area contributed by atoms with Gasteiger partial charge in [0.1, 0.15) is 17.2 Å². The van der Waals surface area contributed by atoms with Gasteiger partial charge in [0.15, 0.2) is 0 Å². The summed E-state index contributed by atoms with van der Waals surface area (Å²) in [5.74, 6) is -1.16. The van der Waals surface area contributed by atoms with Crippen LogP contribution in [0.15, 0.2) is 70.8 Å². The Hall–Kier alpha value is -3.02. The van der Waals surface area contributed by atoms with E-state index in [0.717, 1.165) is 0 Å². The molecule has 0 aliphatic carbocycles. The largest absolute Gasteiger partial charge is 0.477 e. The Labute approximate surface area is 164 Å². The summed E-state index contributed by atoms with van der Waals surface area (Å²) in [6, 6.07) is 16.6. The van der Waals surface area contributed by atoms with Gasteiger partial charge in [0.25, 0.3) is 5.91 Å². The molecule has 2 aromatic carbocycles. The fourth-order valence-electron chi connectivity index (χ4n) is 2.35. The third-order valence-electron chi connectivity index (χ3n) is 3.65. The van der Waals surface area contributed by atoms with Gasteiger partial charge in [-0.2, -0.15) is 0 Å². The average Bonchev–Trinajstić information content (AvgIpc) is 3.12. The highest BCUT2D eigenvalue weighted by Gasteiger charge is 2.15. The molecule has 2 N–H and O–H groups in total. The maximum absolute atomic E-state index is 12.2. The number of hydrogen-bond acceptors (Lipinski definition) is 3. The number of carboxylic acids is 1. The van der Waals surface area contributed by atoms with Crippen LogP contribution in [0.3, 0.4) is 0 Å². The van der Waals surface area contributed by atoms with Crippen LogP contribution in [0.2, 0.25) is 10.0 Å². The lowest BCUT2D eigenvalue weighted by molar-refractivity contribution is -0.132. The highest BCUT2D eigenvalue weighted by molar-refractivity contribution is 6.43. The minimum atomic E-state index is -1.29. The van der Waals surface area contributed by atoms with Crippen molar-refractivity contribution in [2.24, 2.45) is 0 Å². The molecular weight excluding hydrogens is 389 g/mol. The fraction of sp³-hybridized carbons (Fsp3) is 0. The SMILES string of the molecule is O=C(O)/C(=C/c1ccc(-c2cccc(Cl)c2Cl)o1)NC(=O)c1ccccc1. The smallest absolute Gasteiger partial charge is 0.352 e. The number of amides is 1. The second kappa shape index (κ2) is 8.12. The van der Waals surface area contributed by atoms with E-state index in [1.807, 2.05) is 0 Å². The number of hydrogen-bond donors (Lipinski definition) is 2. The van der Waals surface area contributed by atoms with Crippen LogP contribution < -0.4 is 5.32 Å². The zero-order valence-corrected chi connectivity index (χ0v) is 15.3. The molecule has 5 nitrogen and oxygen atoms in total. The van der Waals surface area contributed by atoms with Gasteiger partial charge in [0.2, 0.25) is 0 Å². The Kier molecular flexibility index (Phi) is 5.64. The molecule has 3 aromatic rings. The number of halogens is 2.